The number of benzene rings is 1. The summed E-state index contributed by atoms with van der Waals surface area (Å²) in [5.41, 5.74) is 0.930. The molecule has 0 atom stereocenters. The van der Waals surface area contributed by atoms with Gasteiger partial charge < -0.3 is 29.6 Å². The SMILES string of the molecule is CCCOc1ccc(Oc2ncccc2CNC(=NC)NCCCOCCOC)cc1.I. The molecular weight excluding hydrogens is 523 g/mol. The van der Waals surface area contributed by atoms with Crippen LogP contribution < -0.4 is 20.1 Å². The van der Waals surface area contributed by atoms with Crippen LogP contribution in [-0.2, 0) is 16.0 Å². The molecule has 0 radical (unpaired) electrons. The minimum absolute atomic E-state index is 0. The third-order valence-corrected chi connectivity index (χ3v) is 4.22. The first-order chi connectivity index (χ1) is 15.3. The van der Waals surface area contributed by atoms with E-state index in [0.717, 1.165) is 30.7 Å². The number of nitrogens with one attached hydrogen (secondary N) is 2. The lowest BCUT2D eigenvalue weighted by atomic mass is 10.2. The minimum Gasteiger partial charge on any atom is -0.494 e. The van der Waals surface area contributed by atoms with Crippen molar-refractivity contribution in [2.24, 2.45) is 4.99 Å². The first-order valence-electron chi connectivity index (χ1n) is 10.6. The quantitative estimate of drug-likeness (QED) is 0.157. The van der Waals surface area contributed by atoms with Crippen LogP contribution in [0.5, 0.6) is 17.4 Å². The summed E-state index contributed by atoms with van der Waals surface area (Å²) in [5, 5.41) is 6.57. The molecule has 0 saturated carbocycles. The van der Waals surface area contributed by atoms with Crippen LogP contribution in [0.15, 0.2) is 47.6 Å². The van der Waals surface area contributed by atoms with Gasteiger partial charge in [0.05, 0.1) is 19.8 Å². The summed E-state index contributed by atoms with van der Waals surface area (Å²) in [7, 11) is 3.41. The molecule has 2 rings (SSSR count). The molecule has 0 unspecified atom stereocenters. The van der Waals surface area contributed by atoms with E-state index in [4.69, 9.17) is 18.9 Å². The van der Waals surface area contributed by atoms with Gasteiger partial charge >= 0.3 is 0 Å². The molecule has 2 N–H and O–H groups in total. The van der Waals surface area contributed by atoms with Crippen LogP contribution in [0.25, 0.3) is 0 Å². The molecule has 0 amide bonds. The van der Waals surface area contributed by atoms with Crippen molar-refractivity contribution in [2.45, 2.75) is 26.3 Å². The fourth-order valence-electron chi connectivity index (χ4n) is 2.61. The van der Waals surface area contributed by atoms with E-state index in [2.05, 4.69) is 27.5 Å². The van der Waals surface area contributed by atoms with E-state index in [0.29, 0.717) is 50.6 Å². The second kappa shape index (κ2) is 17.4. The first kappa shape index (κ1) is 27.9. The third kappa shape index (κ3) is 11.0. The van der Waals surface area contributed by atoms with E-state index >= 15 is 0 Å². The van der Waals surface area contributed by atoms with Crippen molar-refractivity contribution >= 4 is 29.9 Å². The summed E-state index contributed by atoms with van der Waals surface area (Å²) in [6.07, 6.45) is 3.57. The average molecular weight is 558 g/mol. The number of aromatic nitrogens is 1. The average Bonchev–Trinajstić information content (AvgIpc) is 2.81. The second-order valence-electron chi connectivity index (χ2n) is 6.70. The molecule has 0 bridgehead atoms. The van der Waals surface area contributed by atoms with Crippen molar-refractivity contribution in [1.82, 2.24) is 15.6 Å². The van der Waals surface area contributed by atoms with E-state index in [1.165, 1.54) is 0 Å². The molecule has 0 aliphatic carbocycles. The maximum absolute atomic E-state index is 5.99. The van der Waals surface area contributed by atoms with Gasteiger partial charge in [0.1, 0.15) is 11.5 Å². The molecule has 178 valence electrons. The Balaban J connectivity index is 0.00000512. The number of nitrogens with zero attached hydrogens (tertiary/aromatic N) is 2. The highest BCUT2D eigenvalue weighted by atomic mass is 127. The zero-order chi connectivity index (χ0) is 22.2. The number of halogens is 1. The Morgan fingerprint density at radius 3 is 2.50 bits per heavy atom. The Bertz CT molecular complexity index is 775. The Kier molecular flexibility index (Phi) is 15.2. The van der Waals surface area contributed by atoms with Crippen LogP contribution in [0, 0.1) is 0 Å². The molecule has 9 heteroatoms. The predicted octanol–water partition coefficient (Wildman–Crippen LogP) is 4.00. The van der Waals surface area contributed by atoms with Gasteiger partial charge in [-0.05, 0) is 43.2 Å². The van der Waals surface area contributed by atoms with Gasteiger partial charge in [-0.15, -0.1) is 24.0 Å². The van der Waals surface area contributed by atoms with Crippen molar-refractivity contribution < 1.29 is 18.9 Å². The predicted molar refractivity (Wildman–Crippen MR) is 137 cm³/mol. The number of guanidine groups is 1. The molecule has 32 heavy (non-hydrogen) atoms. The summed E-state index contributed by atoms with van der Waals surface area (Å²) in [5.74, 6) is 2.80. The number of methoxy groups -OCH3 is 1. The fourth-order valence-corrected chi connectivity index (χ4v) is 2.61. The second-order valence-corrected chi connectivity index (χ2v) is 6.70. The molecule has 0 spiro atoms. The standard InChI is InChI=1S/C23H34N4O4.HI/c1-4-14-30-20-8-10-21(11-9-20)31-22-19(7-5-12-25-22)18-27-23(24-2)26-13-6-15-29-17-16-28-3;/h5,7-12H,4,6,13-18H2,1-3H3,(H2,24,26,27);1H. The number of pyridine rings is 1. The molecule has 8 nitrogen and oxygen atoms in total. The van der Waals surface area contributed by atoms with Gasteiger partial charge in [0, 0.05) is 45.6 Å². The van der Waals surface area contributed by atoms with Gasteiger partial charge in [0.25, 0.3) is 0 Å². The Hall–Kier alpha value is -2.11. The van der Waals surface area contributed by atoms with Crippen molar-refractivity contribution in [3.05, 3.63) is 48.2 Å². The third-order valence-electron chi connectivity index (χ3n) is 4.22. The molecule has 0 saturated heterocycles. The van der Waals surface area contributed by atoms with E-state index < -0.39 is 0 Å². The van der Waals surface area contributed by atoms with Gasteiger partial charge in [-0.1, -0.05) is 13.0 Å². The molecule has 2 aromatic rings. The molecule has 1 heterocycles. The Morgan fingerprint density at radius 2 is 1.78 bits per heavy atom. The molecule has 0 aliphatic heterocycles. The fraction of sp³-hybridized carbons (Fsp3) is 0.478. The summed E-state index contributed by atoms with van der Waals surface area (Å²) in [6, 6.07) is 11.4. The van der Waals surface area contributed by atoms with Crippen molar-refractivity contribution in [3.63, 3.8) is 0 Å². The van der Waals surface area contributed by atoms with Crippen molar-refractivity contribution in [3.8, 4) is 17.4 Å². The minimum atomic E-state index is 0. The topological polar surface area (TPSA) is 86.2 Å². The van der Waals surface area contributed by atoms with Crippen LogP contribution in [0.4, 0.5) is 0 Å². The number of rotatable bonds is 14. The Morgan fingerprint density at radius 1 is 1.00 bits per heavy atom. The van der Waals surface area contributed by atoms with Crippen LogP contribution in [-0.4, -0.2) is 58.1 Å². The van der Waals surface area contributed by atoms with Crippen LogP contribution in [0.3, 0.4) is 0 Å². The van der Waals surface area contributed by atoms with Gasteiger partial charge in [-0.3, -0.25) is 4.99 Å². The number of hydrogen-bond acceptors (Lipinski definition) is 6. The van der Waals surface area contributed by atoms with Crippen molar-refractivity contribution in [2.75, 3.05) is 47.1 Å². The molecule has 0 fully saturated rings. The summed E-state index contributed by atoms with van der Waals surface area (Å²) in [4.78, 5) is 8.64. The lowest BCUT2D eigenvalue weighted by molar-refractivity contribution is 0.0698. The summed E-state index contributed by atoms with van der Waals surface area (Å²) in [6.45, 7) is 5.98. The van der Waals surface area contributed by atoms with Crippen LogP contribution >= 0.6 is 24.0 Å². The maximum Gasteiger partial charge on any atom is 0.224 e. The highest BCUT2D eigenvalue weighted by molar-refractivity contribution is 14.0. The summed E-state index contributed by atoms with van der Waals surface area (Å²) < 4.78 is 22.0. The van der Waals surface area contributed by atoms with Gasteiger partial charge in [0.15, 0.2) is 5.96 Å². The largest absolute Gasteiger partial charge is 0.494 e. The van der Waals surface area contributed by atoms with E-state index in [-0.39, 0.29) is 24.0 Å². The van der Waals surface area contributed by atoms with E-state index in [1.807, 2.05) is 36.4 Å². The number of aliphatic imine (C=N–C) groups is 1. The highest BCUT2D eigenvalue weighted by Gasteiger charge is 2.08. The van der Waals surface area contributed by atoms with Crippen LogP contribution in [0.2, 0.25) is 0 Å². The first-order valence-corrected chi connectivity index (χ1v) is 10.6. The normalized spacial score (nSPS) is 10.9. The molecule has 0 aliphatic rings. The molecule has 1 aromatic heterocycles. The monoisotopic (exact) mass is 558 g/mol. The highest BCUT2D eigenvalue weighted by Crippen LogP contribution is 2.25. The number of ether oxygens (including phenoxy) is 4. The van der Waals surface area contributed by atoms with E-state index in [9.17, 15) is 0 Å². The lowest BCUT2D eigenvalue weighted by Gasteiger charge is -2.14. The van der Waals surface area contributed by atoms with Crippen LogP contribution in [0.1, 0.15) is 25.3 Å². The summed E-state index contributed by atoms with van der Waals surface area (Å²) >= 11 is 0. The zero-order valence-electron chi connectivity index (χ0n) is 19.1. The number of hydrogen-bond donors (Lipinski definition) is 2. The van der Waals surface area contributed by atoms with Gasteiger partial charge in [-0.2, -0.15) is 0 Å². The zero-order valence-corrected chi connectivity index (χ0v) is 21.5. The van der Waals surface area contributed by atoms with Crippen molar-refractivity contribution in [1.29, 1.82) is 0 Å². The van der Waals surface area contributed by atoms with Gasteiger partial charge in [0.2, 0.25) is 5.88 Å². The Labute approximate surface area is 208 Å². The molecular formula is C23H35IN4O4. The van der Waals surface area contributed by atoms with E-state index in [1.54, 1.807) is 20.4 Å². The lowest BCUT2D eigenvalue weighted by Crippen LogP contribution is -2.37. The van der Waals surface area contributed by atoms with Gasteiger partial charge in [-0.25, -0.2) is 4.98 Å². The molecule has 1 aromatic carbocycles. The smallest absolute Gasteiger partial charge is 0.224 e. The maximum atomic E-state index is 5.99.